The van der Waals surface area contributed by atoms with Crippen LogP contribution >= 0.6 is 0 Å². The van der Waals surface area contributed by atoms with Crippen molar-refractivity contribution in [2.45, 2.75) is 11.3 Å². The Kier molecular flexibility index (Phi) is 3.34. The fourth-order valence-electron chi connectivity index (χ4n) is 1.51. The van der Waals surface area contributed by atoms with E-state index in [1.165, 1.54) is 18.5 Å². The summed E-state index contributed by atoms with van der Waals surface area (Å²) in [5.74, 6) is -0.267. The van der Waals surface area contributed by atoms with E-state index in [2.05, 4.69) is 10.1 Å². The standard InChI is InChI=1S/C11H12N4O3S/c1-19(17,18)9-4-2-8(3-5-9)6-10(16)15-7-13-11(12)14-15/h2-5,7H,6H2,1H3,(H2,12,14). The van der Waals surface area contributed by atoms with Crippen LogP contribution in [0.3, 0.4) is 0 Å². The van der Waals surface area contributed by atoms with Gasteiger partial charge in [0.25, 0.3) is 5.91 Å². The molecule has 2 N–H and O–H groups in total. The molecule has 7 nitrogen and oxygen atoms in total. The summed E-state index contributed by atoms with van der Waals surface area (Å²) in [4.78, 5) is 15.7. The van der Waals surface area contributed by atoms with E-state index in [1.54, 1.807) is 12.1 Å². The molecule has 1 heterocycles. The molecule has 0 bridgehead atoms. The Hall–Kier alpha value is -2.22. The summed E-state index contributed by atoms with van der Waals surface area (Å²) in [6.07, 6.45) is 2.46. The molecule has 0 spiro atoms. The SMILES string of the molecule is CS(=O)(=O)c1ccc(CC(=O)n2cnc(N)n2)cc1. The number of sulfone groups is 1. The second-order valence-corrected chi connectivity index (χ2v) is 6.05. The lowest BCUT2D eigenvalue weighted by Gasteiger charge is -2.02. The van der Waals surface area contributed by atoms with Crippen LogP contribution in [0.15, 0.2) is 35.5 Å². The number of anilines is 1. The van der Waals surface area contributed by atoms with E-state index < -0.39 is 9.84 Å². The molecular formula is C11H12N4O3S. The van der Waals surface area contributed by atoms with Crippen molar-refractivity contribution in [2.24, 2.45) is 0 Å². The Labute approximate surface area is 110 Å². The van der Waals surface area contributed by atoms with Crippen LogP contribution < -0.4 is 5.73 Å². The molecule has 2 rings (SSSR count). The summed E-state index contributed by atoms with van der Waals surface area (Å²) >= 11 is 0. The zero-order valence-corrected chi connectivity index (χ0v) is 11.0. The van der Waals surface area contributed by atoms with E-state index in [0.29, 0.717) is 5.56 Å². The largest absolute Gasteiger partial charge is 0.366 e. The molecule has 100 valence electrons. The van der Waals surface area contributed by atoms with Crippen molar-refractivity contribution in [3.8, 4) is 0 Å². The maximum absolute atomic E-state index is 11.8. The zero-order valence-electron chi connectivity index (χ0n) is 10.1. The first-order chi connectivity index (χ1) is 8.86. The van der Waals surface area contributed by atoms with Gasteiger partial charge in [0.1, 0.15) is 6.33 Å². The van der Waals surface area contributed by atoms with E-state index in [9.17, 15) is 13.2 Å². The third-order valence-corrected chi connectivity index (χ3v) is 3.60. The lowest BCUT2D eigenvalue weighted by Crippen LogP contribution is -2.14. The van der Waals surface area contributed by atoms with E-state index in [0.717, 1.165) is 10.9 Å². The molecule has 0 radical (unpaired) electrons. The number of carbonyl (C=O) groups is 1. The van der Waals surface area contributed by atoms with Gasteiger partial charge in [-0.3, -0.25) is 4.79 Å². The number of nitrogens with zero attached hydrogens (tertiary/aromatic N) is 3. The summed E-state index contributed by atoms with van der Waals surface area (Å²) in [5, 5.41) is 3.70. The quantitative estimate of drug-likeness (QED) is 0.857. The number of hydrogen-bond acceptors (Lipinski definition) is 6. The second kappa shape index (κ2) is 4.81. The predicted molar refractivity (Wildman–Crippen MR) is 68.3 cm³/mol. The molecule has 0 atom stereocenters. The van der Waals surface area contributed by atoms with Crippen molar-refractivity contribution in [1.82, 2.24) is 14.8 Å². The molecule has 8 heteroatoms. The lowest BCUT2D eigenvalue weighted by molar-refractivity contribution is 0.0898. The first kappa shape index (κ1) is 13.2. The van der Waals surface area contributed by atoms with Crippen LogP contribution in [0.1, 0.15) is 10.4 Å². The van der Waals surface area contributed by atoms with Gasteiger partial charge in [0, 0.05) is 6.26 Å². The highest BCUT2D eigenvalue weighted by Crippen LogP contribution is 2.11. The van der Waals surface area contributed by atoms with Crippen LogP contribution in [-0.2, 0) is 16.3 Å². The van der Waals surface area contributed by atoms with Crippen LogP contribution in [0.5, 0.6) is 0 Å². The topological polar surface area (TPSA) is 108 Å². The lowest BCUT2D eigenvalue weighted by atomic mass is 10.1. The molecule has 1 aromatic carbocycles. The molecule has 0 aliphatic heterocycles. The van der Waals surface area contributed by atoms with Crippen LogP contribution in [0, 0.1) is 0 Å². The Morgan fingerprint density at radius 1 is 1.32 bits per heavy atom. The number of rotatable bonds is 3. The van der Waals surface area contributed by atoms with Crippen molar-refractivity contribution >= 4 is 21.7 Å². The summed E-state index contributed by atoms with van der Waals surface area (Å²) in [6, 6.07) is 6.12. The van der Waals surface area contributed by atoms with Crippen molar-refractivity contribution in [1.29, 1.82) is 0 Å². The average Bonchev–Trinajstić information content (AvgIpc) is 2.75. The van der Waals surface area contributed by atoms with E-state index in [-0.39, 0.29) is 23.2 Å². The minimum atomic E-state index is -3.23. The average molecular weight is 280 g/mol. The van der Waals surface area contributed by atoms with Gasteiger partial charge < -0.3 is 5.73 Å². The van der Waals surface area contributed by atoms with Gasteiger partial charge in [-0.1, -0.05) is 12.1 Å². The molecule has 1 aromatic heterocycles. The van der Waals surface area contributed by atoms with Crippen molar-refractivity contribution in [2.75, 3.05) is 12.0 Å². The Bertz CT molecular complexity index is 704. The molecule has 2 aromatic rings. The number of carbonyl (C=O) groups excluding carboxylic acids is 1. The zero-order chi connectivity index (χ0) is 14.0. The highest BCUT2D eigenvalue weighted by Gasteiger charge is 2.10. The number of nitrogen functional groups attached to an aromatic ring is 1. The fraction of sp³-hybridized carbons (Fsp3) is 0.182. The van der Waals surface area contributed by atoms with Crippen LogP contribution in [-0.4, -0.2) is 35.3 Å². The molecule has 0 unspecified atom stereocenters. The molecule has 19 heavy (non-hydrogen) atoms. The van der Waals surface area contributed by atoms with Crippen molar-refractivity contribution < 1.29 is 13.2 Å². The van der Waals surface area contributed by atoms with Gasteiger partial charge in [-0.2, -0.15) is 4.68 Å². The summed E-state index contributed by atoms with van der Waals surface area (Å²) in [5.41, 5.74) is 6.00. The minimum absolute atomic E-state index is 0.0285. The first-order valence-corrected chi connectivity index (χ1v) is 7.25. The minimum Gasteiger partial charge on any atom is -0.366 e. The van der Waals surface area contributed by atoms with Gasteiger partial charge >= 0.3 is 0 Å². The fourth-order valence-corrected chi connectivity index (χ4v) is 2.14. The van der Waals surface area contributed by atoms with Crippen LogP contribution in [0.25, 0.3) is 0 Å². The number of benzene rings is 1. The van der Waals surface area contributed by atoms with Gasteiger partial charge in [0.05, 0.1) is 11.3 Å². The Morgan fingerprint density at radius 3 is 2.42 bits per heavy atom. The number of hydrogen-bond donors (Lipinski definition) is 1. The summed E-state index contributed by atoms with van der Waals surface area (Å²) in [6.45, 7) is 0. The van der Waals surface area contributed by atoms with Crippen molar-refractivity contribution in [3.05, 3.63) is 36.2 Å². The summed E-state index contributed by atoms with van der Waals surface area (Å²) < 4.78 is 23.6. The summed E-state index contributed by atoms with van der Waals surface area (Å²) in [7, 11) is -3.23. The normalized spacial score (nSPS) is 11.4. The highest BCUT2D eigenvalue weighted by molar-refractivity contribution is 7.90. The number of aromatic nitrogens is 3. The molecule has 0 aliphatic carbocycles. The Morgan fingerprint density at radius 2 is 1.95 bits per heavy atom. The predicted octanol–water partition coefficient (Wildman–Crippen LogP) is 0.147. The molecule has 0 aliphatic rings. The third kappa shape index (κ3) is 3.16. The highest BCUT2D eigenvalue weighted by atomic mass is 32.2. The first-order valence-electron chi connectivity index (χ1n) is 5.35. The van der Waals surface area contributed by atoms with Gasteiger partial charge in [-0.15, -0.1) is 5.10 Å². The number of nitrogens with two attached hydrogens (primary N) is 1. The molecule has 0 fully saturated rings. The van der Waals surface area contributed by atoms with E-state index in [4.69, 9.17) is 5.73 Å². The van der Waals surface area contributed by atoms with Crippen molar-refractivity contribution in [3.63, 3.8) is 0 Å². The van der Waals surface area contributed by atoms with Gasteiger partial charge in [0.2, 0.25) is 5.95 Å². The molecular weight excluding hydrogens is 268 g/mol. The second-order valence-electron chi connectivity index (χ2n) is 4.03. The monoisotopic (exact) mass is 280 g/mol. The van der Waals surface area contributed by atoms with Gasteiger partial charge in [-0.25, -0.2) is 13.4 Å². The third-order valence-electron chi connectivity index (χ3n) is 2.47. The molecule has 0 saturated heterocycles. The van der Waals surface area contributed by atoms with E-state index >= 15 is 0 Å². The molecule has 0 amide bonds. The Balaban J connectivity index is 2.14. The molecule has 0 saturated carbocycles. The maximum Gasteiger partial charge on any atom is 0.252 e. The van der Waals surface area contributed by atoms with Crippen LogP contribution in [0.4, 0.5) is 5.95 Å². The maximum atomic E-state index is 11.8. The van der Waals surface area contributed by atoms with Crippen LogP contribution in [0.2, 0.25) is 0 Å². The van der Waals surface area contributed by atoms with Gasteiger partial charge in [-0.05, 0) is 17.7 Å². The smallest absolute Gasteiger partial charge is 0.252 e. The van der Waals surface area contributed by atoms with E-state index in [1.807, 2.05) is 0 Å². The van der Waals surface area contributed by atoms with Gasteiger partial charge in [0.15, 0.2) is 9.84 Å².